The molecule has 2 atom stereocenters. The molecular formula is C33H34N2O5S. The van der Waals surface area contributed by atoms with Crippen LogP contribution in [0, 0.1) is 27.7 Å². The lowest BCUT2D eigenvalue weighted by atomic mass is 9.83. The van der Waals surface area contributed by atoms with Gasteiger partial charge in [-0.25, -0.2) is 13.1 Å². The summed E-state index contributed by atoms with van der Waals surface area (Å²) in [6.07, 6.45) is 1.74. The van der Waals surface area contributed by atoms with Crippen molar-refractivity contribution in [2.24, 2.45) is 0 Å². The topological polar surface area (TPSA) is 102 Å². The summed E-state index contributed by atoms with van der Waals surface area (Å²) in [5.74, 6) is 1.01. The average Bonchev–Trinajstić information content (AvgIpc) is 3.48. The van der Waals surface area contributed by atoms with Crippen molar-refractivity contribution >= 4 is 26.8 Å². The number of aryl methyl sites for hydroxylation is 4. The molecule has 0 aliphatic carbocycles. The van der Waals surface area contributed by atoms with E-state index in [1.807, 2.05) is 36.4 Å². The SMILES string of the molecule is Cc1ccc(C(CC(=O)Cc2ccc3cc(C(NS(C)(=O)=O)c4c(C)noc4C)oc3c2)c2ccccc2)c(C)c1. The van der Waals surface area contributed by atoms with Crippen LogP contribution < -0.4 is 4.72 Å². The Kier molecular flexibility index (Phi) is 7.98. The molecule has 0 spiro atoms. The molecular weight excluding hydrogens is 536 g/mol. The molecule has 2 heterocycles. The van der Waals surface area contributed by atoms with Gasteiger partial charge in [-0.3, -0.25) is 4.79 Å². The van der Waals surface area contributed by atoms with Gasteiger partial charge >= 0.3 is 0 Å². The van der Waals surface area contributed by atoms with Crippen LogP contribution in [0.2, 0.25) is 0 Å². The number of sulfonamides is 1. The second-order valence-corrected chi connectivity index (χ2v) is 12.6. The monoisotopic (exact) mass is 570 g/mol. The Morgan fingerprint density at radius 2 is 1.71 bits per heavy atom. The minimum Gasteiger partial charge on any atom is -0.459 e. The lowest BCUT2D eigenvalue weighted by Crippen LogP contribution is -2.28. The second kappa shape index (κ2) is 11.5. The summed E-state index contributed by atoms with van der Waals surface area (Å²) in [5, 5.41) is 4.79. The number of rotatable bonds is 10. The second-order valence-electron chi connectivity index (χ2n) is 10.8. The molecule has 3 aromatic carbocycles. The molecule has 5 aromatic rings. The zero-order valence-corrected chi connectivity index (χ0v) is 24.7. The molecule has 41 heavy (non-hydrogen) atoms. The first-order valence-electron chi connectivity index (χ1n) is 13.5. The molecule has 0 saturated carbocycles. The van der Waals surface area contributed by atoms with E-state index in [0.717, 1.165) is 28.3 Å². The maximum atomic E-state index is 13.5. The largest absolute Gasteiger partial charge is 0.459 e. The number of nitrogens with one attached hydrogen (secondary N) is 1. The molecule has 0 bridgehead atoms. The molecule has 2 aromatic heterocycles. The quantitative estimate of drug-likeness (QED) is 0.202. The maximum absolute atomic E-state index is 13.5. The van der Waals surface area contributed by atoms with Gasteiger partial charge in [0.15, 0.2) is 0 Å². The molecule has 0 fully saturated rings. The first-order chi connectivity index (χ1) is 19.5. The van der Waals surface area contributed by atoms with E-state index >= 15 is 0 Å². The van der Waals surface area contributed by atoms with Crippen molar-refractivity contribution in [2.75, 3.05) is 6.26 Å². The molecule has 5 rings (SSSR count). The summed E-state index contributed by atoms with van der Waals surface area (Å²) in [5.41, 5.74) is 7.24. The van der Waals surface area contributed by atoms with Crippen molar-refractivity contribution < 1.29 is 22.2 Å². The third kappa shape index (κ3) is 6.50. The Morgan fingerprint density at radius 3 is 2.37 bits per heavy atom. The molecule has 8 heteroatoms. The van der Waals surface area contributed by atoms with E-state index in [0.29, 0.717) is 34.8 Å². The molecule has 0 saturated heterocycles. The summed E-state index contributed by atoms with van der Waals surface area (Å²) in [7, 11) is -3.58. The fourth-order valence-electron chi connectivity index (χ4n) is 5.56. The third-order valence-electron chi connectivity index (χ3n) is 7.43. The van der Waals surface area contributed by atoms with Crippen molar-refractivity contribution in [3.8, 4) is 0 Å². The van der Waals surface area contributed by atoms with Crippen LogP contribution in [0.3, 0.4) is 0 Å². The summed E-state index contributed by atoms with van der Waals surface area (Å²) in [6, 6.07) is 23.2. The fourth-order valence-corrected chi connectivity index (χ4v) is 6.22. The molecule has 0 radical (unpaired) electrons. The summed E-state index contributed by atoms with van der Waals surface area (Å²) in [4.78, 5) is 13.5. The molecule has 0 aliphatic rings. The number of Topliss-reactive ketones (excluding diaryl/α,β-unsaturated/α-hetero) is 1. The zero-order chi connectivity index (χ0) is 29.3. The van der Waals surface area contributed by atoms with Gasteiger partial charge in [-0.05, 0) is 62.1 Å². The molecule has 2 unspecified atom stereocenters. The first kappa shape index (κ1) is 28.5. The average molecular weight is 571 g/mol. The number of hydrogen-bond donors (Lipinski definition) is 1. The van der Waals surface area contributed by atoms with E-state index in [1.165, 1.54) is 11.1 Å². The van der Waals surface area contributed by atoms with Crippen LogP contribution in [0.25, 0.3) is 11.0 Å². The number of nitrogens with zero attached hydrogens (tertiary/aromatic N) is 1. The predicted molar refractivity (Wildman–Crippen MR) is 160 cm³/mol. The van der Waals surface area contributed by atoms with E-state index in [2.05, 4.69) is 54.1 Å². The van der Waals surface area contributed by atoms with Gasteiger partial charge in [-0.2, -0.15) is 0 Å². The van der Waals surface area contributed by atoms with Crippen molar-refractivity contribution in [3.05, 3.63) is 123 Å². The van der Waals surface area contributed by atoms with E-state index in [4.69, 9.17) is 8.94 Å². The predicted octanol–water partition coefficient (Wildman–Crippen LogP) is 6.63. The standard InChI is InChI=1S/C33H34N2O5S/c1-20-11-14-28(21(2)15-20)29(25-9-7-6-8-10-25)19-27(36)16-24-12-13-26-18-31(39-30(26)17-24)33(35-41(5,37)38)32-22(3)34-40-23(32)4/h6-15,17-18,29,33,35H,16,19H2,1-5H3. The van der Waals surface area contributed by atoms with E-state index < -0.39 is 16.1 Å². The lowest BCUT2D eigenvalue weighted by molar-refractivity contribution is -0.118. The number of benzene rings is 3. The maximum Gasteiger partial charge on any atom is 0.209 e. The van der Waals surface area contributed by atoms with Crippen LogP contribution >= 0.6 is 0 Å². The van der Waals surface area contributed by atoms with Gasteiger partial charge in [0.25, 0.3) is 0 Å². The van der Waals surface area contributed by atoms with Crippen molar-refractivity contribution in [3.63, 3.8) is 0 Å². The molecule has 0 aliphatic heterocycles. The van der Waals surface area contributed by atoms with E-state index in [9.17, 15) is 13.2 Å². The van der Waals surface area contributed by atoms with Crippen molar-refractivity contribution in [2.45, 2.75) is 52.5 Å². The van der Waals surface area contributed by atoms with Crippen LogP contribution in [0.5, 0.6) is 0 Å². The number of aromatic nitrogens is 1. The Bertz CT molecular complexity index is 1800. The summed E-state index contributed by atoms with van der Waals surface area (Å²) >= 11 is 0. The Morgan fingerprint density at radius 1 is 0.951 bits per heavy atom. The highest BCUT2D eigenvalue weighted by Gasteiger charge is 2.28. The molecule has 7 nitrogen and oxygen atoms in total. The number of carbonyl (C=O) groups is 1. The highest BCUT2D eigenvalue weighted by Crippen LogP contribution is 2.34. The van der Waals surface area contributed by atoms with Crippen LogP contribution in [0.4, 0.5) is 0 Å². The highest BCUT2D eigenvalue weighted by molar-refractivity contribution is 7.88. The van der Waals surface area contributed by atoms with Gasteiger partial charge in [0.05, 0.1) is 11.9 Å². The number of hydrogen-bond acceptors (Lipinski definition) is 6. The first-order valence-corrected chi connectivity index (χ1v) is 15.4. The molecule has 0 amide bonds. The van der Waals surface area contributed by atoms with Gasteiger partial charge < -0.3 is 8.94 Å². The van der Waals surface area contributed by atoms with Crippen LogP contribution in [-0.2, 0) is 21.2 Å². The minimum absolute atomic E-state index is 0.0406. The lowest BCUT2D eigenvalue weighted by Gasteiger charge is -2.20. The highest BCUT2D eigenvalue weighted by atomic mass is 32.2. The third-order valence-corrected chi connectivity index (χ3v) is 8.10. The van der Waals surface area contributed by atoms with Gasteiger partial charge in [0.1, 0.15) is 28.9 Å². The number of fused-ring (bicyclic) bond motifs is 1. The van der Waals surface area contributed by atoms with Gasteiger partial charge in [0.2, 0.25) is 10.0 Å². The van der Waals surface area contributed by atoms with Crippen LogP contribution in [0.1, 0.15) is 69.0 Å². The van der Waals surface area contributed by atoms with Gasteiger partial charge in [-0.15, -0.1) is 0 Å². The summed E-state index contributed by atoms with van der Waals surface area (Å²) in [6.45, 7) is 7.67. The normalized spacial score (nSPS) is 13.4. The van der Waals surface area contributed by atoms with Gasteiger partial charge in [0, 0.05) is 29.7 Å². The minimum atomic E-state index is -3.58. The van der Waals surface area contributed by atoms with Crippen LogP contribution in [0.15, 0.2) is 81.7 Å². The summed E-state index contributed by atoms with van der Waals surface area (Å²) < 4.78 is 38.5. The number of ketones is 1. The fraction of sp³-hybridized carbons (Fsp3) is 0.273. The smallest absolute Gasteiger partial charge is 0.209 e. The molecule has 212 valence electrons. The Labute approximate surface area is 240 Å². The van der Waals surface area contributed by atoms with Crippen LogP contribution in [-0.4, -0.2) is 25.6 Å². The number of furan rings is 1. The van der Waals surface area contributed by atoms with Crippen molar-refractivity contribution in [1.29, 1.82) is 0 Å². The Balaban J connectivity index is 1.42. The zero-order valence-electron chi connectivity index (χ0n) is 23.9. The molecule has 1 N–H and O–H groups in total. The Hall–Kier alpha value is -4.01. The van der Waals surface area contributed by atoms with E-state index in [-0.39, 0.29) is 18.1 Å². The van der Waals surface area contributed by atoms with E-state index in [1.54, 1.807) is 19.9 Å². The number of carbonyl (C=O) groups excluding carboxylic acids is 1. The van der Waals surface area contributed by atoms with Crippen molar-refractivity contribution in [1.82, 2.24) is 9.88 Å². The van der Waals surface area contributed by atoms with Gasteiger partial charge in [-0.1, -0.05) is 71.4 Å².